The lowest BCUT2D eigenvalue weighted by molar-refractivity contribution is -0.146. The van der Waals surface area contributed by atoms with Crippen molar-refractivity contribution in [2.24, 2.45) is 0 Å². The summed E-state index contributed by atoms with van der Waals surface area (Å²) < 4.78 is 0.112. The van der Waals surface area contributed by atoms with E-state index < -0.39 is 23.9 Å². The maximum atomic E-state index is 12.4. The van der Waals surface area contributed by atoms with Crippen molar-refractivity contribution in [3.05, 3.63) is 28.9 Å². The number of H-pyrrole nitrogens is 1. The highest BCUT2D eigenvalue weighted by Gasteiger charge is 2.40. The summed E-state index contributed by atoms with van der Waals surface area (Å²) >= 11 is 6.07. The summed E-state index contributed by atoms with van der Waals surface area (Å²) in [5, 5.41) is 17.9. The van der Waals surface area contributed by atoms with Gasteiger partial charge in [0.1, 0.15) is 10.4 Å². The van der Waals surface area contributed by atoms with E-state index >= 15 is 0 Å². The Morgan fingerprint density at radius 3 is 2.73 bits per heavy atom. The first kappa shape index (κ1) is 16.2. The molecule has 2 rings (SSSR count). The second-order valence-corrected chi connectivity index (χ2v) is 6.14. The molecule has 1 saturated heterocycles. The van der Waals surface area contributed by atoms with Gasteiger partial charge in [0.05, 0.1) is 4.91 Å². The molecule has 1 amide bonds. The van der Waals surface area contributed by atoms with Crippen LogP contribution >= 0.6 is 24.0 Å². The highest BCUT2D eigenvalue weighted by atomic mass is 32.2. The Labute approximate surface area is 135 Å². The van der Waals surface area contributed by atoms with Gasteiger partial charge in [0, 0.05) is 18.3 Å². The van der Waals surface area contributed by atoms with Gasteiger partial charge in [0.15, 0.2) is 0 Å². The zero-order chi connectivity index (χ0) is 16.3. The first-order valence-corrected chi connectivity index (χ1v) is 7.47. The van der Waals surface area contributed by atoms with Crippen LogP contribution in [0.1, 0.15) is 18.5 Å². The van der Waals surface area contributed by atoms with Gasteiger partial charge in [-0.2, -0.15) is 0 Å². The Morgan fingerprint density at radius 2 is 2.18 bits per heavy atom. The quantitative estimate of drug-likeness (QED) is 0.532. The number of hydrogen-bond donors (Lipinski definition) is 3. The second kappa shape index (κ2) is 6.75. The van der Waals surface area contributed by atoms with Gasteiger partial charge in [-0.05, 0) is 24.6 Å². The number of carbonyl (C=O) groups excluding carboxylic acids is 1. The molecule has 1 fully saturated rings. The number of aromatic amines is 1. The highest BCUT2D eigenvalue weighted by molar-refractivity contribution is 8.26. The summed E-state index contributed by atoms with van der Waals surface area (Å²) in [6.07, 6.45) is 2.71. The number of nitrogens with zero attached hydrogens (tertiary/aromatic N) is 1. The number of rotatable bonds is 6. The van der Waals surface area contributed by atoms with Crippen LogP contribution in [0, 0.1) is 0 Å². The number of aliphatic carboxylic acids is 2. The van der Waals surface area contributed by atoms with Crippen molar-refractivity contribution in [2.75, 3.05) is 0 Å². The molecule has 1 aromatic heterocycles. The van der Waals surface area contributed by atoms with E-state index in [4.69, 9.17) is 17.3 Å². The van der Waals surface area contributed by atoms with Crippen LogP contribution in [0.25, 0.3) is 6.08 Å². The fraction of sp³-hybridized carbons (Fsp3) is 0.231. The number of thioether (sulfide) groups is 1. The van der Waals surface area contributed by atoms with E-state index in [1.165, 1.54) is 0 Å². The summed E-state index contributed by atoms with van der Waals surface area (Å²) in [7, 11) is 0. The molecular weight excluding hydrogens is 328 g/mol. The fourth-order valence-electron chi connectivity index (χ4n) is 1.95. The van der Waals surface area contributed by atoms with Crippen molar-refractivity contribution in [3.8, 4) is 0 Å². The van der Waals surface area contributed by atoms with E-state index in [0.29, 0.717) is 10.6 Å². The standard InChI is InChI=1S/C13H12N2O5S2/c16-10(17)4-3-8(12(19)20)15-11(18)9(22-13(15)21)6-7-2-1-5-14-7/h1-2,5-6,8,14H,3-4H2,(H,16,17)(H,19,20)/b9-6-/t8-/m1/s1. The first-order valence-electron chi connectivity index (χ1n) is 6.25. The minimum absolute atomic E-state index is 0.112. The predicted octanol–water partition coefficient (Wildman–Crippen LogP) is 1.53. The Bertz CT molecular complexity index is 653. The summed E-state index contributed by atoms with van der Waals surface area (Å²) in [6, 6.07) is 2.24. The van der Waals surface area contributed by atoms with Crippen molar-refractivity contribution in [1.29, 1.82) is 0 Å². The molecule has 9 heteroatoms. The number of nitrogens with one attached hydrogen (secondary N) is 1. The number of hydrogen-bond acceptors (Lipinski definition) is 5. The van der Waals surface area contributed by atoms with Crippen molar-refractivity contribution in [1.82, 2.24) is 9.88 Å². The van der Waals surface area contributed by atoms with E-state index in [1.807, 2.05) is 0 Å². The molecule has 1 aliphatic heterocycles. The van der Waals surface area contributed by atoms with Crippen LogP contribution in [0.4, 0.5) is 0 Å². The predicted molar refractivity (Wildman–Crippen MR) is 84.1 cm³/mol. The van der Waals surface area contributed by atoms with Crippen molar-refractivity contribution < 1.29 is 24.6 Å². The largest absolute Gasteiger partial charge is 0.481 e. The Kier molecular flexibility index (Phi) is 4.99. The number of carbonyl (C=O) groups is 3. The molecule has 0 radical (unpaired) electrons. The minimum atomic E-state index is -1.28. The van der Waals surface area contributed by atoms with Gasteiger partial charge in [-0.25, -0.2) is 4.79 Å². The molecule has 1 aromatic rings. The summed E-state index contributed by atoms with van der Waals surface area (Å²) in [5.41, 5.74) is 0.693. The van der Waals surface area contributed by atoms with Crippen molar-refractivity contribution in [2.45, 2.75) is 18.9 Å². The third-order valence-electron chi connectivity index (χ3n) is 2.96. The topological polar surface area (TPSA) is 111 Å². The maximum absolute atomic E-state index is 12.4. The normalized spacial score (nSPS) is 18.0. The Hall–Kier alpha value is -2.13. The van der Waals surface area contributed by atoms with Gasteiger partial charge in [0.25, 0.3) is 5.91 Å². The zero-order valence-electron chi connectivity index (χ0n) is 11.2. The third-order valence-corrected chi connectivity index (χ3v) is 4.29. The summed E-state index contributed by atoms with van der Waals surface area (Å²) in [4.78, 5) is 38.5. The van der Waals surface area contributed by atoms with Gasteiger partial charge in [-0.1, -0.05) is 24.0 Å². The average molecular weight is 340 g/mol. The highest BCUT2D eigenvalue weighted by Crippen LogP contribution is 2.34. The third kappa shape index (κ3) is 3.55. The molecule has 0 bridgehead atoms. The first-order chi connectivity index (χ1) is 10.4. The monoisotopic (exact) mass is 340 g/mol. The molecule has 3 N–H and O–H groups in total. The van der Waals surface area contributed by atoms with Gasteiger partial charge < -0.3 is 15.2 Å². The lowest BCUT2D eigenvalue weighted by atomic mass is 10.1. The smallest absolute Gasteiger partial charge is 0.326 e. The molecule has 0 saturated carbocycles. The molecular formula is C13H12N2O5S2. The lowest BCUT2D eigenvalue weighted by Gasteiger charge is -2.22. The van der Waals surface area contributed by atoms with Gasteiger partial charge in [-0.3, -0.25) is 14.5 Å². The number of thiocarbonyl (C=S) groups is 1. The minimum Gasteiger partial charge on any atom is -0.481 e. The zero-order valence-corrected chi connectivity index (χ0v) is 12.8. The van der Waals surface area contributed by atoms with Crippen LogP contribution < -0.4 is 0 Å². The number of amides is 1. The van der Waals surface area contributed by atoms with Crippen LogP contribution in [-0.4, -0.2) is 48.3 Å². The van der Waals surface area contributed by atoms with E-state index in [1.54, 1.807) is 24.4 Å². The van der Waals surface area contributed by atoms with Crippen LogP contribution in [0.5, 0.6) is 0 Å². The van der Waals surface area contributed by atoms with E-state index in [0.717, 1.165) is 16.7 Å². The lowest BCUT2D eigenvalue weighted by Crippen LogP contribution is -2.44. The second-order valence-electron chi connectivity index (χ2n) is 4.46. The van der Waals surface area contributed by atoms with Crippen LogP contribution in [0.2, 0.25) is 0 Å². The van der Waals surface area contributed by atoms with Crippen LogP contribution in [-0.2, 0) is 14.4 Å². The van der Waals surface area contributed by atoms with Crippen molar-refractivity contribution in [3.63, 3.8) is 0 Å². The number of carboxylic acid groups (broad SMARTS) is 2. The molecule has 1 aliphatic rings. The molecule has 22 heavy (non-hydrogen) atoms. The van der Waals surface area contributed by atoms with Gasteiger partial charge in [-0.15, -0.1) is 0 Å². The molecule has 7 nitrogen and oxygen atoms in total. The molecule has 116 valence electrons. The Morgan fingerprint density at radius 1 is 1.45 bits per heavy atom. The van der Waals surface area contributed by atoms with Crippen LogP contribution in [0.3, 0.4) is 0 Å². The van der Waals surface area contributed by atoms with E-state index in [-0.39, 0.29) is 17.2 Å². The van der Waals surface area contributed by atoms with Gasteiger partial charge >= 0.3 is 11.9 Å². The van der Waals surface area contributed by atoms with Crippen LogP contribution in [0.15, 0.2) is 23.2 Å². The molecule has 0 spiro atoms. The number of carboxylic acids is 2. The van der Waals surface area contributed by atoms with E-state index in [2.05, 4.69) is 4.98 Å². The molecule has 2 heterocycles. The molecule has 0 aliphatic carbocycles. The molecule has 1 atom stereocenters. The van der Waals surface area contributed by atoms with E-state index in [9.17, 15) is 19.5 Å². The maximum Gasteiger partial charge on any atom is 0.326 e. The Balaban J connectivity index is 2.22. The summed E-state index contributed by atoms with van der Waals surface area (Å²) in [5.74, 6) is -2.93. The summed E-state index contributed by atoms with van der Waals surface area (Å²) in [6.45, 7) is 0. The fourth-order valence-corrected chi connectivity index (χ4v) is 3.29. The average Bonchev–Trinajstić information content (AvgIpc) is 3.02. The SMILES string of the molecule is O=C(O)CC[C@H](C(=O)O)N1C(=O)/C(=C/c2ccc[nH]2)SC1=S. The van der Waals surface area contributed by atoms with Gasteiger partial charge in [0.2, 0.25) is 0 Å². The molecule has 0 unspecified atom stereocenters. The number of aromatic nitrogens is 1. The molecule has 0 aromatic carbocycles. The van der Waals surface area contributed by atoms with Crippen molar-refractivity contribution >= 4 is 52.2 Å².